The van der Waals surface area contributed by atoms with Gasteiger partial charge in [-0.2, -0.15) is 5.26 Å². The number of nitriles is 1. The summed E-state index contributed by atoms with van der Waals surface area (Å²) < 4.78 is 13.2. The van der Waals surface area contributed by atoms with Crippen molar-refractivity contribution in [3.05, 3.63) is 50.6 Å². The number of benzene rings is 1. The van der Waals surface area contributed by atoms with Crippen LogP contribution in [-0.2, 0) is 24.2 Å². The molecular weight excluding hydrogens is 447 g/mol. The van der Waals surface area contributed by atoms with Gasteiger partial charge in [0.15, 0.2) is 0 Å². The van der Waals surface area contributed by atoms with Crippen LogP contribution in [0.2, 0.25) is 5.02 Å². The second kappa shape index (κ2) is 10.8. The highest BCUT2D eigenvalue weighted by Crippen LogP contribution is 2.36. The molecule has 1 aliphatic carbocycles. The average Bonchev–Trinajstić information content (AvgIpc) is 3.06. The summed E-state index contributed by atoms with van der Waals surface area (Å²) in [6, 6.07) is 6.85. The predicted octanol–water partition coefficient (Wildman–Crippen LogP) is 4.83. The molecule has 1 aromatic heterocycles. The van der Waals surface area contributed by atoms with Crippen LogP contribution in [0.4, 0.5) is 9.39 Å². The molecule has 1 fully saturated rings. The van der Waals surface area contributed by atoms with Crippen LogP contribution in [0, 0.1) is 17.1 Å². The molecule has 32 heavy (non-hydrogen) atoms. The van der Waals surface area contributed by atoms with Gasteiger partial charge >= 0.3 is 0 Å². The first-order chi connectivity index (χ1) is 15.5. The van der Waals surface area contributed by atoms with Gasteiger partial charge in [0.1, 0.15) is 16.9 Å². The van der Waals surface area contributed by atoms with Crippen LogP contribution < -0.4 is 5.32 Å². The van der Waals surface area contributed by atoms with E-state index in [0.29, 0.717) is 28.7 Å². The molecule has 1 saturated heterocycles. The largest absolute Gasteiger partial charge is 0.315 e. The first kappa shape index (κ1) is 23.2. The number of carbonyl (C=O) groups is 1. The van der Waals surface area contributed by atoms with Crippen LogP contribution in [0.3, 0.4) is 0 Å². The summed E-state index contributed by atoms with van der Waals surface area (Å²) in [4.78, 5) is 18.4. The summed E-state index contributed by atoms with van der Waals surface area (Å²) in [6.07, 6.45) is 6.65. The normalized spacial score (nSPS) is 17.8. The van der Waals surface area contributed by atoms with Gasteiger partial charge in [0, 0.05) is 42.6 Å². The van der Waals surface area contributed by atoms with Crippen molar-refractivity contribution in [1.82, 2.24) is 9.80 Å². The van der Waals surface area contributed by atoms with Crippen molar-refractivity contribution in [3.63, 3.8) is 0 Å². The first-order valence-electron chi connectivity index (χ1n) is 11.3. The molecule has 2 aromatic rings. The van der Waals surface area contributed by atoms with Gasteiger partial charge in [0.2, 0.25) is 5.91 Å². The number of rotatable bonds is 5. The second-order valence-electron chi connectivity index (χ2n) is 8.57. The maximum atomic E-state index is 13.2. The number of hydrogen-bond donors (Lipinski definition) is 1. The molecule has 8 heteroatoms. The van der Waals surface area contributed by atoms with Crippen LogP contribution in [0.15, 0.2) is 18.2 Å². The number of carbonyl (C=O) groups excluding carboxylic acids is 1. The fourth-order valence-electron chi connectivity index (χ4n) is 4.49. The summed E-state index contributed by atoms with van der Waals surface area (Å²) in [6.45, 7) is 4.18. The lowest BCUT2D eigenvalue weighted by atomic mass is 9.97. The van der Waals surface area contributed by atoms with Crippen molar-refractivity contribution >= 4 is 33.8 Å². The Morgan fingerprint density at radius 3 is 2.56 bits per heavy atom. The van der Waals surface area contributed by atoms with Gasteiger partial charge in [0.25, 0.3) is 0 Å². The third kappa shape index (κ3) is 5.68. The molecule has 0 bridgehead atoms. The number of fused-ring (bicyclic) bond motifs is 1. The maximum absolute atomic E-state index is 13.2. The Hall–Kier alpha value is -1.98. The zero-order valence-electron chi connectivity index (χ0n) is 18.1. The Labute approximate surface area is 197 Å². The Bertz CT molecular complexity index is 1010. The number of thiophene rings is 1. The topological polar surface area (TPSA) is 59.4 Å². The van der Waals surface area contributed by atoms with Crippen molar-refractivity contribution in [2.45, 2.75) is 45.1 Å². The number of piperazine rings is 1. The van der Waals surface area contributed by atoms with Gasteiger partial charge in [-0.25, -0.2) is 4.39 Å². The number of hydrogen-bond acceptors (Lipinski definition) is 5. The molecule has 0 atom stereocenters. The number of aryl methyl sites for hydroxylation is 1. The Morgan fingerprint density at radius 1 is 1.12 bits per heavy atom. The van der Waals surface area contributed by atoms with E-state index in [9.17, 15) is 14.4 Å². The molecule has 4 rings (SSSR count). The SMILES string of the molecule is N#Cc1c(NC(=O)CN2CCN(Cc3ccc(F)cc3Cl)CC2)sc2c1CCCCCC2. The van der Waals surface area contributed by atoms with E-state index in [4.69, 9.17) is 11.6 Å². The molecule has 1 aromatic carbocycles. The molecular formula is C24H28ClFN4OS. The highest BCUT2D eigenvalue weighted by Gasteiger charge is 2.23. The van der Waals surface area contributed by atoms with Gasteiger partial charge in [0.05, 0.1) is 12.1 Å². The van der Waals surface area contributed by atoms with Gasteiger partial charge in [-0.1, -0.05) is 30.5 Å². The van der Waals surface area contributed by atoms with E-state index in [1.165, 1.54) is 29.9 Å². The first-order valence-corrected chi connectivity index (χ1v) is 12.5. The quantitative estimate of drug-likeness (QED) is 0.674. The van der Waals surface area contributed by atoms with E-state index >= 15 is 0 Å². The molecule has 0 unspecified atom stereocenters. The fourth-order valence-corrected chi connectivity index (χ4v) is 5.97. The van der Waals surface area contributed by atoms with Crippen LogP contribution in [0.25, 0.3) is 0 Å². The number of amides is 1. The van der Waals surface area contributed by atoms with Crippen LogP contribution >= 0.6 is 22.9 Å². The number of anilines is 1. The lowest BCUT2D eigenvalue weighted by Crippen LogP contribution is -2.48. The monoisotopic (exact) mass is 474 g/mol. The van der Waals surface area contributed by atoms with Gasteiger partial charge in [-0.3, -0.25) is 14.6 Å². The van der Waals surface area contributed by atoms with E-state index in [-0.39, 0.29) is 11.7 Å². The number of nitrogens with zero attached hydrogens (tertiary/aromatic N) is 3. The Morgan fingerprint density at radius 2 is 1.84 bits per heavy atom. The number of halogens is 2. The zero-order valence-corrected chi connectivity index (χ0v) is 19.7. The van der Waals surface area contributed by atoms with Gasteiger partial charge < -0.3 is 5.32 Å². The molecule has 0 spiro atoms. The van der Waals surface area contributed by atoms with Crippen molar-refractivity contribution in [1.29, 1.82) is 5.26 Å². The molecule has 2 aliphatic rings. The third-order valence-corrected chi connectivity index (χ3v) is 7.84. The summed E-state index contributed by atoms with van der Waals surface area (Å²) in [5.74, 6) is -0.391. The maximum Gasteiger partial charge on any atom is 0.239 e. The average molecular weight is 475 g/mol. The smallest absolute Gasteiger partial charge is 0.239 e. The van der Waals surface area contributed by atoms with E-state index in [2.05, 4.69) is 21.2 Å². The van der Waals surface area contributed by atoms with Crippen molar-refractivity contribution in [2.24, 2.45) is 0 Å². The molecule has 0 saturated carbocycles. The highest BCUT2D eigenvalue weighted by atomic mass is 35.5. The van der Waals surface area contributed by atoms with Crippen LogP contribution in [-0.4, -0.2) is 48.4 Å². The highest BCUT2D eigenvalue weighted by molar-refractivity contribution is 7.16. The molecule has 1 aliphatic heterocycles. The molecule has 0 radical (unpaired) electrons. The van der Waals surface area contributed by atoms with Gasteiger partial charge in [-0.05, 0) is 48.9 Å². The molecule has 1 N–H and O–H groups in total. The minimum Gasteiger partial charge on any atom is -0.315 e. The Kier molecular flexibility index (Phi) is 7.80. The zero-order chi connectivity index (χ0) is 22.5. The molecule has 2 heterocycles. The van der Waals surface area contributed by atoms with E-state index < -0.39 is 0 Å². The van der Waals surface area contributed by atoms with Crippen molar-refractivity contribution in [2.75, 3.05) is 38.0 Å². The fraction of sp³-hybridized carbons (Fsp3) is 0.500. The van der Waals surface area contributed by atoms with E-state index in [1.807, 2.05) is 0 Å². The lowest BCUT2D eigenvalue weighted by molar-refractivity contribution is -0.117. The summed E-state index contributed by atoms with van der Waals surface area (Å²) in [5.41, 5.74) is 2.73. The summed E-state index contributed by atoms with van der Waals surface area (Å²) in [7, 11) is 0. The molecule has 170 valence electrons. The van der Waals surface area contributed by atoms with E-state index in [0.717, 1.165) is 63.0 Å². The Balaban J connectivity index is 1.30. The lowest BCUT2D eigenvalue weighted by Gasteiger charge is -2.34. The summed E-state index contributed by atoms with van der Waals surface area (Å²) in [5, 5.41) is 13.9. The van der Waals surface area contributed by atoms with E-state index in [1.54, 1.807) is 17.4 Å². The third-order valence-electron chi connectivity index (χ3n) is 6.28. The number of nitrogens with one attached hydrogen (secondary N) is 1. The summed E-state index contributed by atoms with van der Waals surface area (Å²) >= 11 is 7.73. The minimum atomic E-state index is -0.327. The molecule has 1 amide bonds. The predicted molar refractivity (Wildman–Crippen MR) is 127 cm³/mol. The molecule has 5 nitrogen and oxygen atoms in total. The van der Waals surface area contributed by atoms with Crippen LogP contribution in [0.5, 0.6) is 0 Å². The van der Waals surface area contributed by atoms with Crippen LogP contribution in [0.1, 0.15) is 47.3 Å². The minimum absolute atomic E-state index is 0.0641. The van der Waals surface area contributed by atoms with Gasteiger partial charge in [-0.15, -0.1) is 11.3 Å². The standard InChI is InChI=1S/C24H28ClFN4OS/c25-21-13-18(26)8-7-17(21)15-29-9-11-30(12-10-29)16-23(31)28-24-20(14-27)19-5-3-1-2-4-6-22(19)32-24/h7-8,13H,1-6,9-12,15-16H2,(H,28,31). The van der Waals surface area contributed by atoms with Crippen molar-refractivity contribution < 1.29 is 9.18 Å². The second-order valence-corrected chi connectivity index (χ2v) is 10.1. The van der Waals surface area contributed by atoms with Crippen molar-refractivity contribution in [3.8, 4) is 6.07 Å².